The van der Waals surface area contributed by atoms with Crippen LogP contribution in [0.4, 0.5) is 0 Å². The summed E-state index contributed by atoms with van der Waals surface area (Å²) in [6.45, 7) is 0. The maximum absolute atomic E-state index is 10.1. The van der Waals surface area contributed by atoms with Crippen LogP contribution in [0.5, 0.6) is 0 Å². The van der Waals surface area contributed by atoms with Crippen molar-refractivity contribution in [1.29, 1.82) is 0 Å². The topological polar surface area (TPSA) is 185 Å². The summed E-state index contributed by atoms with van der Waals surface area (Å²) in [5, 5.41) is 18.6. The first-order valence-corrected chi connectivity index (χ1v) is 4.50. The fourth-order valence-corrected chi connectivity index (χ4v) is 0.523. The molecule has 0 aliphatic heterocycles. The van der Waals surface area contributed by atoms with Gasteiger partial charge in [0.1, 0.15) is 24.7 Å². The fourth-order valence-electron chi connectivity index (χ4n) is 0.523. The molecule has 0 heterocycles. The maximum Gasteiger partial charge on any atom is 2.00 e. The average Bonchev–Trinajstić information content (AvgIpc) is 2.38. The van der Waals surface area contributed by atoms with Crippen LogP contribution < -0.4 is 22.0 Å². The van der Waals surface area contributed by atoms with Crippen molar-refractivity contribution < 1.29 is 39.5 Å². The molecule has 4 N–H and O–H groups in total. The summed E-state index contributed by atoms with van der Waals surface area (Å²) in [6, 6.07) is -2.22. The van der Waals surface area contributed by atoms with E-state index in [1.54, 1.807) is 0 Å². The second-order valence-corrected chi connectivity index (χ2v) is 2.82. The van der Waals surface area contributed by atoms with Crippen molar-refractivity contribution in [2.24, 2.45) is 11.5 Å². The molecular formula is C8H12MgN2O8. The van der Waals surface area contributed by atoms with E-state index in [2.05, 4.69) is 9.78 Å². The standard InChI is InChI=1S/2C4H7NO4.Mg/c2*5-3(1-2-6)4(7)9-8;/h2*2-3,8H,1,5H2;/q;;+2/p-2. The molecule has 11 heteroatoms. The van der Waals surface area contributed by atoms with E-state index in [9.17, 15) is 29.7 Å². The number of nitrogens with two attached hydrogens (primary N) is 2. The Hall–Kier alpha value is -1.11. The molecule has 19 heavy (non-hydrogen) atoms. The third kappa shape index (κ3) is 13.1. The van der Waals surface area contributed by atoms with Gasteiger partial charge in [0, 0.05) is 12.8 Å². The zero-order chi connectivity index (χ0) is 14.6. The van der Waals surface area contributed by atoms with Crippen molar-refractivity contribution in [1.82, 2.24) is 0 Å². The smallest absolute Gasteiger partial charge is 0.662 e. The van der Waals surface area contributed by atoms with Crippen LogP contribution >= 0.6 is 0 Å². The van der Waals surface area contributed by atoms with E-state index in [1.807, 2.05) is 0 Å². The molecule has 0 amide bonds. The quantitative estimate of drug-likeness (QED) is 0.207. The van der Waals surface area contributed by atoms with Gasteiger partial charge in [0.25, 0.3) is 0 Å². The predicted octanol–water partition coefficient (Wildman–Crippen LogP) is -4.94. The molecule has 2 unspecified atom stereocenters. The molecule has 0 saturated heterocycles. The van der Waals surface area contributed by atoms with Crippen LogP contribution in [-0.4, -0.2) is 59.6 Å². The number of hydrogen-bond donors (Lipinski definition) is 2. The zero-order valence-electron chi connectivity index (χ0n) is 9.85. The molecule has 0 aromatic heterocycles. The Morgan fingerprint density at radius 2 is 1.21 bits per heavy atom. The van der Waals surface area contributed by atoms with Gasteiger partial charge in [-0.3, -0.25) is 9.59 Å². The second-order valence-electron chi connectivity index (χ2n) is 2.82. The molecule has 0 saturated carbocycles. The summed E-state index contributed by atoms with van der Waals surface area (Å²) in [4.78, 5) is 45.4. The predicted molar refractivity (Wildman–Crippen MR) is 55.3 cm³/mol. The molecule has 0 aliphatic carbocycles. The van der Waals surface area contributed by atoms with Crippen LogP contribution in [0.25, 0.3) is 0 Å². The fraction of sp³-hybridized carbons (Fsp3) is 0.500. The van der Waals surface area contributed by atoms with Gasteiger partial charge in [0.2, 0.25) is 0 Å². The Kier molecular flexibility index (Phi) is 18.1. The van der Waals surface area contributed by atoms with Gasteiger partial charge in [-0.25, -0.2) is 0 Å². The first-order valence-electron chi connectivity index (χ1n) is 4.50. The van der Waals surface area contributed by atoms with E-state index in [-0.39, 0.29) is 35.9 Å². The SMILES string of the molecule is NC(CC=O)C(=O)O[O-].NC(CC=O)C(=O)O[O-].[Mg+2]. The van der Waals surface area contributed by atoms with E-state index in [0.29, 0.717) is 12.6 Å². The summed E-state index contributed by atoms with van der Waals surface area (Å²) >= 11 is 0. The Morgan fingerprint density at radius 1 is 0.947 bits per heavy atom. The Bertz CT molecular complexity index is 260. The van der Waals surface area contributed by atoms with Gasteiger partial charge in [-0.2, -0.15) is 0 Å². The first kappa shape index (κ1) is 23.0. The number of hydrogen-bond acceptors (Lipinski definition) is 10. The van der Waals surface area contributed by atoms with Crippen LogP contribution in [0.15, 0.2) is 0 Å². The number of aldehydes is 2. The molecule has 0 bridgehead atoms. The maximum atomic E-state index is 10.1. The van der Waals surface area contributed by atoms with Gasteiger partial charge < -0.3 is 41.3 Å². The van der Waals surface area contributed by atoms with Crippen molar-refractivity contribution in [3.63, 3.8) is 0 Å². The summed E-state index contributed by atoms with van der Waals surface area (Å²) < 4.78 is 0. The van der Waals surface area contributed by atoms with E-state index in [0.717, 1.165) is 0 Å². The van der Waals surface area contributed by atoms with Crippen LogP contribution in [0.3, 0.4) is 0 Å². The molecule has 0 rings (SSSR count). The monoisotopic (exact) mass is 288 g/mol. The zero-order valence-corrected chi connectivity index (χ0v) is 11.3. The van der Waals surface area contributed by atoms with Gasteiger partial charge in [0.15, 0.2) is 0 Å². The minimum Gasteiger partial charge on any atom is -0.662 e. The normalized spacial score (nSPS) is 11.6. The van der Waals surface area contributed by atoms with E-state index >= 15 is 0 Å². The van der Waals surface area contributed by atoms with Gasteiger partial charge in [0.05, 0.1) is 0 Å². The largest absolute Gasteiger partial charge is 2.00 e. The summed E-state index contributed by atoms with van der Waals surface area (Å²) in [5.41, 5.74) is 9.86. The average molecular weight is 288 g/mol. The van der Waals surface area contributed by atoms with E-state index < -0.39 is 24.0 Å². The Labute approximate surface area is 124 Å². The Morgan fingerprint density at radius 3 is 1.37 bits per heavy atom. The minimum absolute atomic E-state index is 0. The minimum atomic E-state index is -1.11. The van der Waals surface area contributed by atoms with Crippen molar-refractivity contribution in [3.8, 4) is 0 Å². The van der Waals surface area contributed by atoms with Crippen LogP contribution in [0.2, 0.25) is 0 Å². The Balaban J connectivity index is -0.000000256. The second kappa shape index (κ2) is 14.9. The molecule has 0 radical (unpaired) electrons. The molecular weight excluding hydrogens is 276 g/mol. The number of carbonyl (C=O) groups is 4. The van der Waals surface area contributed by atoms with E-state index in [1.165, 1.54) is 0 Å². The van der Waals surface area contributed by atoms with Gasteiger partial charge in [-0.15, -0.1) is 0 Å². The van der Waals surface area contributed by atoms with Gasteiger partial charge in [-0.1, -0.05) is 0 Å². The molecule has 0 aromatic carbocycles. The van der Waals surface area contributed by atoms with Crippen molar-refractivity contribution >= 4 is 47.6 Å². The van der Waals surface area contributed by atoms with Crippen LogP contribution in [0, 0.1) is 0 Å². The number of rotatable bonds is 6. The van der Waals surface area contributed by atoms with Crippen LogP contribution in [-0.2, 0) is 29.0 Å². The summed E-state index contributed by atoms with van der Waals surface area (Å²) in [7, 11) is 0. The summed E-state index contributed by atoms with van der Waals surface area (Å²) in [6.07, 6.45) is 0.533. The first-order chi connectivity index (χ1) is 8.44. The molecule has 0 aliphatic rings. The van der Waals surface area contributed by atoms with Gasteiger partial charge in [-0.05, 0) is 0 Å². The van der Waals surface area contributed by atoms with Crippen LogP contribution in [0.1, 0.15) is 12.8 Å². The molecule has 104 valence electrons. The van der Waals surface area contributed by atoms with Crippen molar-refractivity contribution in [2.45, 2.75) is 24.9 Å². The van der Waals surface area contributed by atoms with E-state index in [4.69, 9.17) is 11.5 Å². The van der Waals surface area contributed by atoms with Gasteiger partial charge >= 0.3 is 35.0 Å². The third-order valence-electron chi connectivity index (χ3n) is 1.47. The van der Waals surface area contributed by atoms with Crippen molar-refractivity contribution in [2.75, 3.05) is 0 Å². The number of carbonyl (C=O) groups excluding carboxylic acids is 4. The molecule has 10 nitrogen and oxygen atoms in total. The van der Waals surface area contributed by atoms with Crippen molar-refractivity contribution in [3.05, 3.63) is 0 Å². The molecule has 0 aromatic rings. The third-order valence-corrected chi connectivity index (χ3v) is 1.47. The summed E-state index contributed by atoms with van der Waals surface area (Å²) in [5.74, 6) is -2.22. The molecule has 2 atom stereocenters. The molecule has 0 spiro atoms. The molecule has 0 fully saturated rings.